The van der Waals surface area contributed by atoms with Gasteiger partial charge in [0.25, 0.3) is 11.7 Å². The van der Waals surface area contributed by atoms with Crippen molar-refractivity contribution in [1.82, 2.24) is 5.16 Å². The maximum atomic E-state index is 12.2. The van der Waals surface area contributed by atoms with E-state index in [0.29, 0.717) is 40.2 Å². The summed E-state index contributed by atoms with van der Waals surface area (Å²) in [7, 11) is 0. The number of carbonyl (C=O) groups is 2. The fourth-order valence-corrected chi connectivity index (χ4v) is 2.54. The standard InChI is InChI=1S/C16H16F2N2O4S/c1-3-12-14(9(2)24-20-12)15(22)23-8-13(21)19-10-4-6-11(7-5-10)25-16(17)18/h4-7,16H,3,8H2,1-2H3,(H,19,21). The molecule has 0 aliphatic heterocycles. The van der Waals surface area contributed by atoms with Crippen LogP contribution in [0.1, 0.15) is 28.7 Å². The number of thioether (sulfide) groups is 1. The lowest BCUT2D eigenvalue weighted by atomic mass is 10.1. The number of halogens is 2. The molecule has 1 amide bonds. The molecule has 2 aromatic rings. The molecule has 1 N–H and O–H groups in total. The first-order chi connectivity index (χ1) is 11.9. The molecule has 6 nitrogen and oxygen atoms in total. The largest absolute Gasteiger partial charge is 0.452 e. The Morgan fingerprint density at radius 1 is 1.32 bits per heavy atom. The molecule has 0 fully saturated rings. The summed E-state index contributed by atoms with van der Waals surface area (Å²) in [4.78, 5) is 24.3. The summed E-state index contributed by atoms with van der Waals surface area (Å²) in [5.41, 5.74) is 1.11. The van der Waals surface area contributed by atoms with E-state index in [9.17, 15) is 18.4 Å². The van der Waals surface area contributed by atoms with Crippen molar-refractivity contribution in [3.05, 3.63) is 41.3 Å². The van der Waals surface area contributed by atoms with E-state index in [1.54, 1.807) is 6.92 Å². The normalized spacial score (nSPS) is 10.8. The molecule has 0 atom stereocenters. The number of nitrogens with zero attached hydrogens (tertiary/aromatic N) is 1. The third-order valence-corrected chi connectivity index (χ3v) is 3.89. The minimum Gasteiger partial charge on any atom is -0.452 e. The molecule has 0 spiro atoms. The van der Waals surface area contributed by atoms with Gasteiger partial charge in [-0.3, -0.25) is 4.79 Å². The Morgan fingerprint density at radius 2 is 2.00 bits per heavy atom. The maximum Gasteiger partial charge on any atom is 0.344 e. The summed E-state index contributed by atoms with van der Waals surface area (Å²) in [6, 6.07) is 5.91. The summed E-state index contributed by atoms with van der Waals surface area (Å²) in [5.74, 6) is -3.41. The number of anilines is 1. The number of benzene rings is 1. The molecule has 25 heavy (non-hydrogen) atoms. The van der Waals surface area contributed by atoms with Gasteiger partial charge in [0.15, 0.2) is 6.61 Å². The van der Waals surface area contributed by atoms with Gasteiger partial charge < -0.3 is 14.6 Å². The topological polar surface area (TPSA) is 81.4 Å². The molecular weight excluding hydrogens is 354 g/mol. The monoisotopic (exact) mass is 370 g/mol. The number of carbonyl (C=O) groups excluding carboxylic acids is 2. The summed E-state index contributed by atoms with van der Waals surface area (Å²) in [6.45, 7) is 2.92. The fraction of sp³-hybridized carbons (Fsp3) is 0.312. The van der Waals surface area contributed by atoms with Crippen molar-refractivity contribution in [2.24, 2.45) is 0 Å². The van der Waals surface area contributed by atoms with E-state index in [0.717, 1.165) is 0 Å². The minimum absolute atomic E-state index is 0.226. The predicted molar refractivity (Wildman–Crippen MR) is 87.8 cm³/mol. The zero-order valence-corrected chi connectivity index (χ0v) is 14.4. The fourth-order valence-electron chi connectivity index (χ4n) is 2.04. The Morgan fingerprint density at radius 3 is 2.60 bits per heavy atom. The van der Waals surface area contributed by atoms with Crippen LogP contribution in [0.25, 0.3) is 0 Å². The molecule has 9 heteroatoms. The SMILES string of the molecule is CCc1noc(C)c1C(=O)OCC(=O)Nc1ccc(SC(F)F)cc1. The molecular formula is C16H16F2N2O4S. The third kappa shape index (κ3) is 5.28. The van der Waals surface area contributed by atoms with Crippen LogP contribution in [-0.4, -0.2) is 29.4 Å². The van der Waals surface area contributed by atoms with Gasteiger partial charge in [0, 0.05) is 10.6 Å². The summed E-state index contributed by atoms with van der Waals surface area (Å²) < 4.78 is 34.4. The molecule has 1 aromatic heterocycles. The molecule has 0 bridgehead atoms. The van der Waals surface area contributed by atoms with Crippen molar-refractivity contribution in [3.8, 4) is 0 Å². The number of esters is 1. The van der Waals surface area contributed by atoms with Gasteiger partial charge in [-0.1, -0.05) is 23.8 Å². The van der Waals surface area contributed by atoms with Crippen LogP contribution in [0.5, 0.6) is 0 Å². The lowest BCUT2D eigenvalue weighted by Crippen LogP contribution is -2.21. The zero-order chi connectivity index (χ0) is 18.4. The number of rotatable bonds is 7. The van der Waals surface area contributed by atoms with E-state index < -0.39 is 24.2 Å². The van der Waals surface area contributed by atoms with Gasteiger partial charge in [0.2, 0.25) is 0 Å². The molecule has 1 heterocycles. The highest BCUT2D eigenvalue weighted by molar-refractivity contribution is 7.99. The van der Waals surface area contributed by atoms with Crippen LogP contribution >= 0.6 is 11.8 Å². The van der Waals surface area contributed by atoms with Gasteiger partial charge in [-0.05, 0) is 37.6 Å². The Hall–Kier alpha value is -2.42. The molecule has 0 unspecified atom stereocenters. The zero-order valence-electron chi connectivity index (χ0n) is 13.5. The molecule has 0 aliphatic carbocycles. The van der Waals surface area contributed by atoms with Crippen LogP contribution in [0.2, 0.25) is 0 Å². The van der Waals surface area contributed by atoms with Gasteiger partial charge in [-0.2, -0.15) is 8.78 Å². The lowest BCUT2D eigenvalue weighted by molar-refractivity contribution is -0.119. The summed E-state index contributed by atoms with van der Waals surface area (Å²) in [5, 5.41) is 6.26. The predicted octanol–water partition coefficient (Wildman–Crippen LogP) is 3.66. The van der Waals surface area contributed by atoms with Crippen molar-refractivity contribution in [1.29, 1.82) is 0 Å². The summed E-state index contributed by atoms with van der Waals surface area (Å²) in [6.07, 6.45) is 0.497. The number of nitrogens with one attached hydrogen (secondary N) is 1. The second-order valence-corrected chi connectivity index (χ2v) is 6.00. The lowest BCUT2D eigenvalue weighted by Gasteiger charge is -2.07. The second kappa shape index (κ2) is 8.61. The molecule has 134 valence electrons. The van der Waals surface area contributed by atoms with E-state index in [1.165, 1.54) is 24.3 Å². The number of hydrogen-bond donors (Lipinski definition) is 1. The number of aryl methyl sites for hydroxylation is 2. The van der Waals surface area contributed by atoms with Crippen molar-refractivity contribution < 1.29 is 27.6 Å². The van der Waals surface area contributed by atoms with Crippen LogP contribution in [-0.2, 0) is 16.0 Å². The first kappa shape index (κ1) is 18.9. The number of ether oxygens (including phenoxy) is 1. The molecule has 0 saturated heterocycles. The second-order valence-electron chi connectivity index (χ2n) is 4.94. The Labute approximate surface area is 146 Å². The highest BCUT2D eigenvalue weighted by Gasteiger charge is 2.21. The van der Waals surface area contributed by atoms with Crippen molar-refractivity contribution >= 4 is 29.3 Å². The van der Waals surface area contributed by atoms with Gasteiger partial charge in [0.05, 0.1) is 5.69 Å². The Kier molecular flexibility index (Phi) is 6.51. The van der Waals surface area contributed by atoms with E-state index in [4.69, 9.17) is 9.26 Å². The van der Waals surface area contributed by atoms with Crippen LogP contribution in [0.4, 0.5) is 14.5 Å². The minimum atomic E-state index is -2.51. The smallest absolute Gasteiger partial charge is 0.344 e. The van der Waals surface area contributed by atoms with Gasteiger partial charge >= 0.3 is 5.97 Å². The van der Waals surface area contributed by atoms with Crippen molar-refractivity contribution in [2.75, 3.05) is 11.9 Å². The molecule has 0 radical (unpaired) electrons. The molecule has 0 aliphatic rings. The molecule has 2 rings (SSSR count). The highest BCUT2D eigenvalue weighted by Crippen LogP contribution is 2.26. The summed E-state index contributed by atoms with van der Waals surface area (Å²) >= 11 is 0.413. The van der Waals surface area contributed by atoms with E-state index in [-0.39, 0.29) is 5.56 Å². The first-order valence-corrected chi connectivity index (χ1v) is 8.25. The average Bonchev–Trinajstić information content (AvgIpc) is 2.95. The van der Waals surface area contributed by atoms with Crippen LogP contribution in [0.3, 0.4) is 0 Å². The number of hydrogen-bond acceptors (Lipinski definition) is 6. The quantitative estimate of drug-likeness (QED) is 0.592. The van der Waals surface area contributed by atoms with E-state index in [1.807, 2.05) is 6.92 Å². The number of amides is 1. The van der Waals surface area contributed by atoms with E-state index in [2.05, 4.69) is 10.5 Å². The average molecular weight is 370 g/mol. The third-order valence-electron chi connectivity index (χ3n) is 3.17. The van der Waals surface area contributed by atoms with Crippen molar-refractivity contribution in [3.63, 3.8) is 0 Å². The van der Waals surface area contributed by atoms with Crippen LogP contribution < -0.4 is 5.32 Å². The van der Waals surface area contributed by atoms with Gasteiger partial charge in [-0.15, -0.1) is 0 Å². The van der Waals surface area contributed by atoms with Crippen molar-refractivity contribution in [2.45, 2.75) is 30.9 Å². The van der Waals surface area contributed by atoms with Crippen LogP contribution in [0.15, 0.2) is 33.7 Å². The number of alkyl halides is 2. The van der Waals surface area contributed by atoms with E-state index >= 15 is 0 Å². The first-order valence-electron chi connectivity index (χ1n) is 7.37. The molecule has 1 aromatic carbocycles. The van der Waals surface area contributed by atoms with Crippen LogP contribution in [0, 0.1) is 6.92 Å². The maximum absolute atomic E-state index is 12.2. The molecule has 0 saturated carbocycles. The number of aromatic nitrogens is 1. The Balaban J connectivity index is 1.88. The van der Waals surface area contributed by atoms with Gasteiger partial charge in [-0.25, -0.2) is 4.79 Å². The Bertz CT molecular complexity index is 747. The highest BCUT2D eigenvalue weighted by atomic mass is 32.2. The van der Waals surface area contributed by atoms with Gasteiger partial charge in [0.1, 0.15) is 11.3 Å².